The molecular formula is C32H57N3O. The Balaban J connectivity index is 1.13. The zero-order valence-corrected chi connectivity index (χ0v) is 24.2. The number of ether oxygens (including phenoxy) is 1. The van der Waals surface area contributed by atoms with Crippen molar-refractivity contribution >= 4 is 0 Å². The van der Waals surface area contributed by atoms with Crippen LogP contribution < -0.4 is 0 Å². The maximum absolute atomic E-state index is 6.03. The van der Waals surface area contributed by atoms with Gasteiger partial charge in [0.05, 0.1) is 6.10 Å². The summed E-state index contributed by atoms with van der Waals surface area (Å²) in [6, 6.07) is 1.56. The largest absolute Gasteiger partial charge is 0.365 e. The minimum absolute atomic E-state index is 0.376. The summed E-state index contributed by atoms with van der Waals surface area (Å²) in [4.78, 5) is 8.36. The molecule has 3 heterocycles. The van der Waals surface area contributed by atoms with Crippen molar-refractivity contribution in [2.45, 2.75) is 110 Å². The van der Waals surface area contributed by atoms with E-state index in [1.165, 1.54) is 110 Å². The molecule has 36 heavy (non-hydrogen) atoms. The van der Waals surface area contributed by atoms with Crippen LogP contribution in [-0.2, 0) is 4.74 Å². The first kappa shape index (κ1) is 28.4. The van der Waals surface area contributed by atoms with Crippen molar-refractivity contribution in [3.63, 3.8) is 0 Å². The first-order chi connectivity index (χ1) is 17.4. The average molecular weight is 500 g/mol. The van der Waals surface area contributed by atoms with Gasteiger partial charge < -0.3 is 14.5 Å². The minimum Gasteiger partial charge on any atom is -0.365 e. The molecule has 1 aliphatic carbocycles. The van der Waals surface area contributed by atoms with Gasteiger partial charge in [0, 0.05) is 31.7 Å². The first-order valence-electron chi connectivity index (χ1n) is 15.7. The highest BCUT2D eigenvalue weighted by Crippen LogP contribution is 2.38. The van der Waals surface area contributed by atoms with Gasteiger partial charge in [0.15, 0.2) is 0 Å². The Bertz CT molecular complexity index is 663. The third-order valence-corrected chi connectivity index (χ3v) is 10.7. The molecule has 0 radical (unpaired) electrons. The quantitative estimate of drug-likeness (QED) is 0.375. The van der Waals surface area contributed by atoms with Crippen LogP contribution in [0.15, 0.2) is 0 Å². The molecule has 3 aliphatic heterocycles. The maximum atomic E-state index is 6.03. The van der Waals surface area contributed by atoms with Gasteiger partial charge in [-0.3, -0.25) is 4.90 Å². The van der Waals surface area contributed by atoms with E-state index in [1.54, 1.807) is 0 Å². The van der Waals surface area contributed by atoms with Crippen molar-refractivity contribution in [1.82, 2.24) is 14.7 Å². The summed E-state index contributed by atoms with van der Waals surface area (Å²) in [6.07, 6.45) is 19.6. The number of nitrogens with zero attached hydrogens (tertiary/aromatic N) is 3. The average Bonchev–Trinajstić information content (AvgIpc) is 2.88. The molecule has 206 valence electrons. The second-order valence-corrected chi connectivity index (χ2v) is 13.3. The lowest BCUT2D eigenvalue weighted by atomic mass is 9.73. The highest BCUT2D eigenvalue weighted by Gasteiger charge is 2.35. The molecule has 4 heteroatoms. The molecule has 4 rings (SSSR count). The summed E-state index contributed by atoms with van der Waals surface area (Å²) in [5, 5.41) is 0. The summed E-state index contributed by atoms with van der Waals surface area (Å²) in [6.45, 7) is 19.3. The van der Waals surface area contributed by atoms with Gasteiger partial charge in [-0.1, -0.05) is 26.2 Å². The molecule has 1 saturated carbocycles. The molecule has 5 unspecified atom stereocenters. The standard InChI is InChI=1S/C32H57N3O/c1-6-22-36-32-11-10-28(23-31(32)25(2)3)24-34-18-14-30(15-19-34)29-12-16-33(17-13-29)20-21-35-26(4)8-7-9-27(35)5/h1,25-32H,7-24H2,2-5H3. The van der Waals surface area contributed by atoms with Crippen LogP contribution >= 0.6 is 0 Å². The van der Waals surface area contributed by atoms with Gasteiger partial charge in [0.25, 0.3) is 0 Å². The molecule has 0 spiro atoms. The van der Waals surface area contributed by atoms with Crippen molar-refractivity contribution in [1.29, 1.82) is 0 Å². The zero-order chi connectivity index (χ0) is 25.5. The summed E-state index contributed by atoms with van der Waals surface area (Å²) >= 11 is 0. The lowest BCUT2D eigenvalue weighted by molar-refractivity contribution is -0.0303. The molecule has 0 N–H and O–H groups in total. The van der Waals surface area contributed by atoms with Crippen molar-refractivity contribution in [3.8, 4) is 12.3 Å². The van der Waals surface area contributed by atoms with Gasteiger partial charge in [-0.2, -0.15) is 0 Å². The normalized spacial score (nSPS) is 34.7. The van der Waals surface area contributed by atoms with E-state index in [2.05, 4.69) is 48.3 Å². The Morgan fingerprint density at radius 2 is 1.42 bits per heavy atom. The van der Waals surface area contributed by atoms with Crippen LogP contribution in [0.3, 0.4) is 0 Å². The lowest BCUT2D eigenvalue weighted by Gasteiger charge is -2.44. The third kappa shape index (κ3) is 7.72. The van der Waals surface area contributed by atoms with Gasteiger partial charge >= 0.3 is 0 Å². The second kappa shape index (κ2) is 14.0. The SMILES string of the molecule is C#CCOC1CCC(CN2CCC(C3CCN(CCN4C(C)CCCC4C)CC3)CC2)CC1C(C)C. The smallest absolute Gasteiger partial charge is 0.107 e. The van der Waals surface area contributed by atoms with Gasteiger partial charge in [-0.05, 0) is 127 Å². The summed E-state index contributed by atoms with van der Waals surface area (Å²) in [7, 11) is 0. The van der Waals surface area contributed by atoms with Crippen molar-refractivity contribution in [2.24, 2.45) is 29.6 Å². The fraction of sp³-hybridized carbons (Fsp3) is 0.938. The summed E-state index contributed by atoms with van der Waals surface area (Å²) in [5.74, 6) is 6.81. The third-order valence-electron chi connectivity index (χ3n) is 10.7. The Hall–Kier alpha value is -0.600. The van der Waals surface area contributed by atoms with Gasteiger partial charge in [0.2, 0.25) is 0 Å². The van der Waals surface area contributed by atoms with Gasteiger partial charge in [0.1, 0.15) is 6.61 Å². The number of likely N-dealkylation sites (tertiary alicyclic amines) is 3. The van der Waals surface area contributed by atoms with Crippen LogP contribution in [0.1, 0.15) is 91.9 Å². The molecule has 0 amide bonds. The highest BCUT2D eigenvalue weighted by molar-refractivity contribution is 4.89. The van der Waals surface area contributed by atoms with E-state index in [4.69, 9.17) is 11.2 Å². The van der Waals surface area contributed by atoms with E-state index in [0.29, 0.717) is 24.5 Å². The molecule has 3 saturated heterocycles. The number of hydrogen-bond acceptors (Lipinski definition) is 4. The predicted molar refractivity (Wildman–Crippen MR) is 152 cm³/mol. The summed E-state index contributed by atoms with van der Waals surface area (Å²) in [5.41, 5.74) is 0. The second-order valence-electron chi connectivity index (χ2n) is 13.3. The zero-order valence-electron chi connectivity index (χ0n) is 24.2. The fourth-order valence-electron chi connectivity index (χ4n) is 8.29. The van der Waals surface area contributed by atoms with Crippen LogP contribution in [0.25, 0.3) is 0 Å². The molecule has 4 aliphatic rings. The van der Waals surface area contributed by atoms with E-state index in [-0.39, 0.29) is 0 Å². The molecule has 0 aromatic rings. The van der Waals surface area contributed by atoms with E-state index >= 15 is 0 Å². The van der Waals surface area contributed by atoms with Crippen molar-refractivity contribution in [2.75, 3.05) is 52.4 Å². The van der Waals surface area contributed by atoms with Crippen molar-refractivity contribution in [3.05, 3.63) is 0 Å². The Kier molecular flexibility index (Phi) is 11.0. The molecule has 5 atom stereocenters. The number of rotatable bonds is 9. The van der Waals surface area contributed by atoms with Crippen LogP contribution in [0.2, 0.25) is 0 Å². The topological polar surface area (TPSA) is 19.0 Å². The maximum Gasteiger partial charge on any atom is 0.107 e. The Labute approximate surface area is 223 Å². The number of hydrogen-bond donors (Lipinski definition) is 0. The van der Waals surface area contributed by atoms with E-state index in [9.17, 15) is 0 Å². The lowest BCUT2D eigenvalue weighted by Crippen LogP contribution is -2.48. The molecule has 0 aromatic carbocycles. The molecule has 4 nitrogen and oxygen atoms in total. The molecule has 0 aromatic heterocycles. The minimum atomic E-state index is 0.376. The monoisotopic (exact) mass is 499 g/mol. The molecule has 4 fully saturated rings. The van der Waals surface area contributed by atoms with Gasteiger partial charge in [-0.25, -0.2) is 0 Å². The van der Waals surface area contributed by atoms with Gasteiger partial charge in [-0.15, -0.1) is 6.42 Å². The van der Waals surface area contributed by atoms with Crippen LogP contribution in [0.5, 0.6) is 0 Å². The molecule has 0 bridgehead atoms. The predicted octanol–water partition coefficient (Wildman–Crippen LogP) is 5.76. The van der Waals surface area contributed by atoms with Crippen LogP contribution in [-0.4, -0.2) is 85.3 Å². The molecular weight excluding hydrogens is 442 g/mol. The van der Waals surface area contributed by atoms with E-state index in [0.717, 1.165) is 29.8 Å². The highest BCUT2D eigenvalue weighted by atomic mass is 16.5. The Morgan fingerprint density at radius 1 is 0.806 bits per heavy atom. The Morgan fingerprint density at radius 3 is 2.00 bits per heavy atom. The number of terminal acetylenes is 1. The fourth-order valence-corrected chi connectivity index (χ4v) is 8.29. The van der Waals surface area contributed by atoms with E-state index < -0.39 is 0 Å². The summed E-state index contributed by atoms with van der Waals surface area (Å²) < 4.78 is 6.03. The van der Waals surface area contributed by atoms with Crippen LogP contribution in [0.4, 0.5) is 0 Å². The first-order valence-corrected chi connectivity index (χ1v) is 15.7. The van der Waals surface area contributed by atoms with Crippen LogP contribution in [0, 0.1) is 41.9 Å². The van der Waals surface area contributed by atoms with Crippen molar-refractivity contribution < 1.29 is 4.74 Å². The number of piperidine rings is 3. The van der Waals surface area contributed by atoms with E-state index in [1.807, 2.05) is 0 Å².